The average molecular weight is 309 g/mol. The second kappa shape index (κ2) is 5.30. The number of fused-ring (bicyclic) bond motifs is 2. The summed E-state index contributed by atoms with van der Waals surface area (Å²) in [6.07, 6.45) is 1.58. The minimum Gasteiger partial charge on any atom is -0.493 e. The maximum Gasteiger partial charge on any atom is 0.259 e. The highest BCUT2D eigenvalue weighted by molar-refractivity contribution is 6.09. The summed E-state index contributed by atoms with van der Waals surface area (Å²) in [4.78, 5) is 13.0. The van der Waals surface area contributed by atoms with E-state index < -0.39 is 0 Å². The van der Waals surface area contributed by atoms with Crippen molar-refractivity contribution in [3.63, 3.8) is 0 Å². The third kappa shape index (κ3) is 2.25. The summed E-state index contributed by atoms with van der Waals surface area (Å²) in [5.41, 5.74) is 5.67. The molecule has 2 heterocycles. The van der Waals surface area contributed by atoms with Crippen LogP contribution < -0.4 is 14.8 Å². The van der Waals surface area contributed by atoms with E-state index in [9.17, 15) is 4.79 Å². The predicted octanol–water partition coefficient (Wildman–Crippen LogP) is 3.43. The van der Waals surface area contributed by atoms with Crippen LogP contribution in [0.5, 0.6) is 11.5 Å². The van der Waals surface area contributed by atoms with Gasteiger partial charge in [-0.2, -0.15) is 0 Å². The summed E-state index contributed by atoms with van der Waals surface area (Å²) in [5.74, 6) is 1.46. The van der Waals surface area contributed by atoms with Crippen molar-refractivity contribution in [2.75, 3.05) is 18.5 Å². The highest BCUT2D eigenvalue weighted by Gasteiger charge is 2.30. The summed E-state index contributed by atoms with van der Waals surface area (Å²) in [7, 11) is 0. The second-order valence-corrected chi connectivity index (χ2v) is 6.13. The minimum atomic E-state index is -0.108. The van der Waals surface area contributed by atoms with Crippen molar-refractivity contribution in [3.8, 4) is 11.5 Å². The molecule has 0 radical (unpaired) electrons. The number of benzene rings is 2. The number of nitrogens with one attached hydrogen (secondary N) is 1. The molecule has 0 spiro atoms. The van der Waals surface area contributed by atoms with Gasteiger partial charge >= 0.3 is 0 Å². The van der Waals surface area contributed by atoms with E-state index in [1.54, 1.807) is 0 Å². The molecular formula is C19H19NO3. The number of hydrogen-bond donors (Lipinski definition) is 1. The molecule has 4 rings (SSSR count). The van der Waals surface area contributed by atoms with Gasteiger partial charge in [-0.15, -0.1) is 0 Å². The minimum absolute atomic E-state index is 0.108. The Balaban J connectivity index is 1.78. The lowest BCUT2D eigenvalue weighted by Gasteiger charge is -2.15. The number of carbonyl (C=O) groups excluding carboxylic acids is 1. The summed E-state index contributed by atoms with van der Waals surface area (Å²) in [6.45, 7) is 5.26. The first-order valence-electron chi connectivity index (χ1n) is 7.97. The molecule has 118 valence electrons. The second-order valence-electron chi connectivity index (χ2n) is 6.13. The summed E-state index contributed by atoms with van der Waals surface area (Å²) in [5, 5.41) is 3.08. The van der Waals surface area contributed by atoms with Crippen LogP contribution in [0.4, 0.5) is 5.69 Å². The third-order valence-electron chi connectivity index (χ3n) is 4.60. The van der Waals surface area contributed by atoms with Gasteiger partial charge in [-0.25, -0.2) is 0 Å². The monoisotopic (exact) mass is 309 g/mol. The molecule has 2 aliphatic rings. The fourth-order valence-electron chi connectivity index (χ4n) is 3.41. The fraction of sp³-hybridized carbons (Fsp3) is 0.316. The third-order valence-corrected chi connectivity index (χ3v) is 4.60. The van der Waals surface area contributed by atoms with Crippen LogP contribution in [0.2, 0.25) is 0 Å². The van der Waals surface area contributed by atoms with Crippen molar-refractivity contribution in [2.45, 2.75) is 26.7 Å². The first-order valence-corrected chi connectivity index (χ1v) is 7.97. The molecule has 0 saturated heterocycles. The van der Waals surface area contributed by atoms with E-state index in [2.05, 4.69) is 5.32 Å². The van der Waals surface area contributed by atoms with Crippen molar-refractivity contribution in [3.05, 3.63) is 52.1 Å². The molecule has 0 aromatic heterocycles. The molecule has 4 nitrogen and oxygen atoms in total. The highest BCUT2D eigenvalue weighted by atomic mass is 16.5. The van der Waals surface area contributed by atoms with Crippen molar-refractivity contribution < 1.29 is 14.3 Å². The van der Waals surface area contributed by atoms with E-state index in [1.807, 2.05) is 38.1 Å². The van der Waals surface area contributed by atoms with Crippen LogP contribution in [0.15, 0.2) is 24.3 Å². The van der Waals surface area contributed by atoms with E-state index in [4.69, 9.17) is 9.47 Å². The molecule has 0 fully saturated rings. The van der Waals surface area contributed by atoms with E-state index in [-0.39, 0.29) is 5.91 Å². The van der Waals surface area contributed by atoms with Gasteiger partial charge < -0.3 is 14.8 Å². The highest BCUT2D eigenvalue weighted by Crippen LogP contribution is 2.41. The standard InChI is InChI=1S/C19H19NO3/c1-11-4-3-5-12(2)17(11)20-19(21)16-14-7-9-22-15(14)10-13-6-8-23-18(13)16/h3-5,10H,6-9H2,1-2H3,(H,20,21). The Labute approximate surface area is 135 Å². The van der Waals surface area contributed by atoms with Gasteiger partial charge in [0.15, 0.2) is 0 Å². The Kier molecular flexibility index (Phi) is 3.26. The van der Waals surface area contributed by atoms with Gasteiger partial charge in [-0.05, 0) is 31.0 Å². The van der Waals surface area contributed by atoms with Crippen LogP contribution in [0.1, 0.15) is 32.6 Å². The van der Waals surface area contributed by atoms with E-state index >= 15 is 0 Å². The van der Waals surface area contributed by atoms with E-state index in [0.29, 0.717) is 18.8 Å². The lowest BCUT2D eigenvalue weighted by atomic mass is 9.98. The van der Waals surface area contributed by atoms with Gasteiger partial charge in [0, 0.05) is 29.7 Å². The number of rotatable bonds is 2. The zero-order chi connectivity index (χ0) is 16.0. The molecule has 2 aliphatic heterocycles. The summed E-state index contributed by atoms with van der Waals surface area (Å²) in [6, 6.07) is 8.03. The van der Waals surface area contributed by atoms with Gasteiger partial charge in [-0.1, -0.05) is 18.2 Å². The zero-order valence-electron chi connectivity index (χ0n) is 13.4. The number of amides is 1. The number of ether oxygens (including phenoxy) is 2. The van der Waals surface area contributed by atoms with Crippen LogP contribution in [-0.4, -0.2) is 19.1 Å². The maximum atomic E-state index is 13.0. The SMILES string of the molecule is Cc1cccc(C)c1NC(=O)c1c2c(cc3c1OCC3)OCC2. The molecule has 1 N–H and O–H groups in total. The lowest BCUT2D eigenvalue weighted by Crippen LogP contribution is -2.16. The summed E-state index contributed by atoms with van der Waals surface area (Å²) >= 11 is 0. The molecule has 0 unspecified atom stereocenters. The number of hydrogen-bond acceptors (Lipinski definition) is 3. The Hall–Kier alpha value is -2.49. The average Bonchev–Trinajstić information content (AvgIpc) is 3.16. The van der Waals surface area contributed by atoms with Gasteiger partial charge in [0.1, 0.15) is 11.5 Å². The number of para-hydroxylation sites is 1. The molecule has 0 aliphatic carbocycles. The van der Waals surface area contributed by atoms with Gasteiger partial charge in [0.05, 0.1) is 18.8 Å². The van der Waals surface area contributed by atoms with E-state index in [1.165, 1.54) is 0 Å². The smallest absolute Gasteiger partial charge is 0.259 e. The first kappa shape index (κ1) is 14.1. The van der Waals surface area contributed by atoms with E-state index in [0.717, 1.165) is 52.3 Å². The number of anilines is 1. The largest absolute Gasteiger partial charge is 0.493 e. The summed E-state index contributed by atoms with van der Waals surface area (Å²) < 4.78 is 11.4. The molecule has 4 heteroatoms. The van der Waals surface area contributed by atoms with Crippen LogP contribution in [0, 0.1) is 13.8 Å². The molecule has 0 atom stereocenters. The van der Waals surface area contributed by atoms with Crippen molar-refractivity contribution in [1.29, 1.82) is 0 Å². The first-order chi connectivity index (χ1) is 11.1. The molecule has 1 amide bonds. The molecule has 23 heavy (non-hydrogen) atoms. The predicted molar refractivity (Wildman–Crippen MR) is 88.7 cm³/mol. The molecule has 2 aromatic rings. The van der Waals surface area contributed by atoms with Crippen molar-refractivity contribution in [2.24, 2.45) is 0 Å². The zero-order valence-corrected chi connectivity index (χ0v) is 13.4. The maximum absolute atomic E-state index is 13.0. The Morgan fingerprint density at radius 2 is 1.83 bits per heavy atom. The topological polar surface area (TPSA) is 47.6 Å². The Morgan fingerprint density at radius 3 is 2.61 bits per heavy atom. The van der Waals surface area contributed by atoms with Crippen LogP contribution >= 0.6 is 0 Å². The quantitative estimate of drug-likeness (QED) is 0.924. The van der Waals surface area contributed by atoms with Crippen LogP contribution in [0.3, 0.4) is 0 Å². The molecule has 0 bridgehead atoms. The fourth-order valence-corrected chi connectivity index (χ4v) is 3.41. The molecular weight excluding hydrogens is 290 g/mol. The Bertz CT molecular complexity index is 758. The van der Waals surface area contributed by atoms with Gasteiger partial charge in [0.2, 0.25) is 0 Å². The lowest BCUT2D eigenvalue weighted by molar-refractivity contribution is 0.102. The van der Waals surface area contributed by atoms with Crippen molar-refractivity contribution in [1.82, 2.24) is 0 Å². The van der Waals surface area contributed by atoms with Crippen molar-refractivity contribution >= 4 is 11.6 Å². The van der Waals surface area contributed by atoms with Crippen LogP contribution in [0.25, 0.3) is 0 Å². The Morgan fingerprint density at radius 1 is 1.09 bits per heavy atom. The number of aryl methyl sites for hydroxylation is 2. The normalized spacial score (nSPS) is 14.7. The molecule has 2 aromatic carbocycles. The molecule has 0 saturated carbocycles. The van der Waals surface area contributed by atoms with Gasteiger partial charge in [0.25, 0.3) is 5.91 Å². The number of carbonyl (C=O) groups is 1. The van der Waals surface area contributed by atoms with Crippen LogP contribution in [-0.2, 0) is 12.8 Å². The van der Waals surface area contributed by atoms with Gasteiger partial charge in [-0.3, -0.25) is 4.79 Å².